The molecule has 0 bridgehead atoms. The maximum Gasteiger partial charge on any atom is 0.187 e. The molecule has 0 radical (unpaired) electrons. The highest BCUT2D eigenvalue weighted by Crippen LogP contribution is 2.20. The van der Waals surface area contributed by atoms with Gasteiger partial charge >= 0.3 is 0 Å². The summed E-state index contributed by atoms with van der Waals surface area (Å²) in [7, 11) is 0. The number of benzene rings is 1. The third-order valence-electron chi connectivity index (χ3n) is 1.61. The Morgan fingerprint density at radius 2 is 1.64 bits per heavy atom. The van der Waals surface area contributed by atoms with Crippen molar-refractivity contribution in [2.75, 3.05) is 0 Å². The van der Waals surface area contributed by atoms with Crippen molar-refractivity contribution in [1.82, 2.24) is 0 Å². The van der Waals surface area contributed by atoms with Crippen LogP contribution in [0.2, 0.25) is 0 Å². The zero-order valence-electron chi connectivity index (χ0n) is 5.67. The van der Waals surface area contributed by atoms with Crippen LogP contribution in [0.4, 0.5) is 0 Å². The molecule has 0 aliphatic rings. The highest BCUT2D eigenvalue weighted by atomic mass is 79.9. The Balaban J connectivity index is 2.43. The Morgan fingerprint density at radius 1 is 1.09 bits per heavy atom. The van der Waals surface area contributed by atoms with Gasteiger partial charge in [0.05, 0.1) is 0 Å². The molecule has 11 heavy (non-hydrogen) atoms. The number of rotatable bonds is 1. The molecule has 0 saturated heterocycles. The van der Waals surface area contributed by atoms with E-state index in [1.54, 1.807) is 6.07 Å². The maximum absolute atomic E-state index is 10.7. The molecule has 0 fully saturated rings. The summed E-state index contributed by atoms with van der Waals surface area (Å²) in [5.41, 5.74) is 2.02. The topological polar surface area (TPSA) is 17.1 Å². The highest BCUT2D eigenvalue weighted by molar-refractivity contribution is 9.10. The normalized spacial score (nSPS) is 10.6. The molecule has 0 spiro atoms. The average molecular weight is 209 g/mol. The molecule has 0 aliphatic carbocycles. The second-order valence-electron chi connectivity index (χ2n) is 2.43. The summed E-state index contributed by atoms with van der Waals surface area (Å²) in [6.45, 7) is 0. The van der Waals surface area contributed by atoms with E-state index >= 15 is 0 Å². The smallest absolute Gasteiger partial charge is 0.187 e. The van der Waals surface area contributed by atoms with Crippen molar-refractivity contribution < 1.29 is 0 Å². The first-order valence-electron chi connectivity index (χ1n) is 3.29. The van der Waals surface area contributed by atoms with Gasteiger partial charge < -0.3 is 0 Å². The number of halogens is 1. The molecule has 2 aromatic carbocycles. The van der Waals surface area contributed by atoms with Crippen LogP contribution in [0.3, 0.4) is 0 Å². The van der Waals surface area contributed by atoms with Gasteiger partial charge in [-0.05, 0) is 23.8 Å². The zero-order valence-corrected chi connectivity index (χ0v) is 7.26. The van der Waals surface area contributed by atoms with E-state index in [1.165, 1.54) is 0 Å². The Kier molecular flexibility index (Phi) is 1.43. The van der Waals surface area contributed by atoms with Crippen LogP contribution < -0.4 is 5.43 Å². The van der Waals surface area contributed by atoms with Gasteiger partial charge in [-0.1, -0.05) is 28.1 Å². The second kappa shape index (κ2) is 2.31. The minimum Gasteiger partial charge on any atom is -0.289 e. The van der Waals surface area contributed by atoms with Crippen LogP contribution in [0.25, 0.3) is 11.1 Å². The van der Waals surface area contributed by atoms with Crippen molar-refractivity contribution >= 4 is 15.9 Å². The van der Waals surface area contributed by atoms with Gasteiger partial charge in [-0.15, -0.1) is 0 Å². The molecule has 0 heterocycles. The molecule has 2 aromatic rings. The number of hydrogen-bond acceptors (Lipinski definition) is 1. The summed E-state index contributed by atoms with van der Waals surface area (Å²) in [4.78, 5) is 10.7. The molecule has 0 N–H and O–H groups in total. The van der Waals surface area contributed by atoms with Gasteiger partial charge in [0, 0.05) is 10.0 Å². The number of hydrogen-bond donors (Lipinski definition) is 0. The van der Waals surface area contributed by atoms with Gasteiger partial charge in [0.15, 0.2) is 5.43 Å². The Labute approximate surface area is 72.5 Å². The second-order valence-corrected chi connectivity index (χ2v) is 3.34. The van der Waals surface area contributed by atoms with Gasteiger partial charge in [0.25, 0.3) is 0 Å². The molecule has 0 aliphatic heterocycles. The summed E-state index contributed by atoms with van der Waals surface area (Å²) in [6, 6.07) is 9.37. The predicted octanol–water partition coefficient (Wildman–Crippen LogP) is 2.35. The lowest BCUT2D eigenvalue weighted by Gasteiger charge is -1.91. The molecule has 0 aromatic heterocycles. The van der Waals surface area contributed by atoms with Gasteiger partial charge in [0.1, 0.15) is 0 Å². The Morgan fingerprint density at radius 3 is 2.09 bits per heavy atom. The van der Waals surface area contributed by atoms with E-state index in [0.717, 1.165) is 15.6 Å². The Hall–Kier alpha value is -0.890. The fourth-order valence-corrected chi connectivity index (χ4v) is 1.21. The lowest BCUT2D eigenvalue weighted by molar-refractivity contribution is 1.65. The molecule has 54 valence electrons. The Bertz CT molecular complexity index is 379. The van der Waals surface area contributed by atoms with Crippen LogP contribution in [0.15, 0.2) is 39.6 Å². The van der Waals surface area contributed by atoms with Crippen molar-refractivity contribution in [2.24, 2.45) is 0 Å². The third-order valence-corrected chi connectivity index (χ3v) is 2.14. The van der Waals surface area contributed by atoms with Gasteiger partial charge in [0.2, 0.25) is 0 Å². The van der Waals surface area contributed by atoms with Crippen LogP contribution in [0.1, 0.15) is 0 Å². The lowest BCUT2D eigenvalue weighted by atomic mass is 10.2. The molecule has 1 nitrogen and oxygen atoms in total. The first-order valence-corrected chi connectivity index (χ1v) is 4.08. The van der Waals surface area contributed by atoms with E-state index in [0.29, 0.717) is 0 Å². The molecular formula is C9H5BrO. The van der Waals surface area contributed by atoms with Crippen molar-refractivity contribution in [3.8, 4) is 11.1 Å². The average Bonchev–Trinajstić information content (AvgIpc) is 2.69. The quantitative estimate of drug-likeness (QED) is 0.704. The van der Waals surface area contributed by atoms with Crippen molar-refractivity contribution in [3.05, 3.63) is 45.0 Å². The summed E-state index contributed by atoms with van der Waals surface area (Å²) < 4.78 is 1.04. The van der Waals surface area contributed by atoms with Crippen molar-refractivity contribution in [1.29, 1.82) is 0 Å². The molecule has 0 saturated carbocycles. The van der Waals surface area contributed by atoms with Crippen LogP contribution in [0, 0.1) is 0 Å². The first kappa shape index (κ1) is 6.80. The summed E-state index contributed by atoms with van der Waals surface area (Å²) >= 11 is 3.33. The summed E-state index contributed by atoms with van der Waals surface area (Å²) in [5.74, 6) is 0. The monoisotopic (exact) mass is 208 g/mol. The lowest BCUT2D eigenvalue weighted by Crippen LogP contribution is -1.75. The third kappa shape index (κ3) is 1.26. The van der Waals surface area contributed by atoms with E-state index in [4.69, 9.17) is 0 Å². The maximum atomic E-state index is 10.7. The zero-order chi connectivity index (χ0) is 7.84. The largest absolute Gasteiger partial charge is 0.289 e. The first-order chi connectivity index (χ1) is 5.27. The fourth-order valence-electron chi connectivity index (χ4n) is 0.950. The summed E-state index contributed by atoms with van der Waals surface area (Å²) in [6.07, 6.45) is 0. The molecule has 2 rings (SSSR count). The van der Waals surface area contributed by atoms with Crippen molar-refractivity contribution in [2.45, 2.75) is 0 Å². The van der Waals surface area contributed by atoms with E-state index < -0.39 is 0 Å². The molecule has 0 atom stereocenters. The minimum atomic E-state index is 0.160. The van der Waals surface area contributed by atoms with E-state index in [9.17, 15) is 4.79 Å². The standard InChI is InChI=1S/C9H5BrO/c10-7-3-1-6(2-4-7)8-5-9(8)11/h1-5H. The van der Waals surface area contributed by atoms with Gasteiger partial charge in [-0.3, -0.25) is 4.79 Å². The fraction of sp³-hybridized carbons (Fsp3) is 0. The minimum absolute atomic E-state index is 0.160. The molecule has 0 unspecified atom stereocenters. The van der Waals surface area contributed by atoms with Gasteiger partial charge in [-0.25, -0.2) is 0 Å². The van der Waals surface area contributed by atoms with E-state index in [2.05, 4.69) is 15.9 Å². The van der Waals surface area contributed by atoms with E-state index in [1.807, 2.05) is 24.3 Å². The summed E-state index contributed by atoms with van der Waals surface area (Å²) in [5, 5.41) is 0. The van der Waals surface area contributed by atoms with Gasteiger partial charge in [-0.2, -0.15) is 0 Å². The molecule has 2 heteroatoms. The molecule has 0 amide bonds. The van der Waals surface area contributed by atoms with Crippen LogP contribution in [-0.4, -0.2) is 0 Å². The van der Waals surface area contributed by atoms with Crippen LogP contribution in [0.5, 0.6) is 0 Å². The van der Waals surface area contributed by atoms with Crippen LogP contribution >= 0.6 is 15.9 Å². The molecular weight excluding hydrogens is 204 g/mol. The van der Waals surface area contributed by atoms with Crippen molar-refractivity contribution in [3.63, 3.8) is 0 Å². The SMILES string of the molecule is O=c1cc1-c1ccc(Br)cc1. The van der Waals surface area contributed by atoms with Crippen LogP contribution in [-0.2, 0) is 0 Å². The highest BCUT2D eigenvalue weighted by Gasteiger charge is 2.09. The predicted molar refractivity (Wildman–Crippen MR) is 48.2 cm³/mol. The van der Waals surface area contributed by atoms with E-state index in [-0.39, 0.29) is 5.43 Å².